The Morgan fingerprint density at radius 2 is 1.79 bits per heavy atom. The van der Waals surface area contributed by atoms with E-state index in [0.717, 1.165) is 45.3 Å². The van der Waals surface area contributed by atoms with E-state index in [1.807, 2.05) is 6.92 Å². The van der Waals surface area contributed by atoms with Crippen molar-refractivity contribution >= 4 is 0 Å². The van der Waals surface area contributed by atoms with Crippen LogP contribution in [0.4, 0.5) is 4.39 Å². The number of hydrogen-bond donors (Lipinski definition) is 1. The molecule has 0 fully saturated rings. The Kier molecular flexibility index (Phi) is 10.8. The van der Waals surface area contributed by atoms with E-state index in [2.05, 4.69) is 0 Å². The molecule has 1 atom stereocenters. The Balaban J connectivity index is 2.92. The third-order valence-corrected chi connectivity index (χ3v) is 2.21. The van der Waals surface area contributed by atoms with Crippen LogP contribution in [0.1, 0.15) is 45.4 Å². The topological polar surface area (TPSA) is 29.5 Å². The molecule has 0 amide bonds. The maximum absolute atomic E-state index is 12.5. The zero-order valence-corrected chi connectivity index (χ0v) is 9.17. The van der Waals surface area contributed by atoms with Crippen molar-refractivity contribution < 1.29 is 14.2 Å². The van der Waals surface area contributed by atoms with E-state index in [1.54, 1.807) is 0 Å². The average molecular weight is 206 g/mol. The minimum atomic E-state index is -1.02. The number of halogens is 1. The minimum Gasteiger partial charge on any atom is -0.393 e. The highest BCUT2D eigenvalue weighted by Gasteiger charge is 2.02. The van der Waals surface area contributed by atoms with Crippen LogP contribution >= 0.6 is 0 Å². The number of unbranched alkanes of at least 4 members (excludes halogenated alkanes) is 4. The predicted molar refractivity (Wildman–Crippen MR) is 56.2 cm³/mol. The van der Waals surface area contributed by atoms with E-state index in [0.29, 0.717) is 6.42 Å². The largest absolute Gasteiger partial charge is 0.393 e. The summed E-state index contributed by atoms with van der Waals surface area (Å²) < 4.78 is 17.7. The van der Waals surface area contributed by atoms with Crippen molar-refractivity contribution in [2.75, 3.05) is 19.8 Å². The van der Waals surface area contributed by atoms with Gasteiger partial charge in [0, 0.05) is 13.2 Å². The lowest BCUT2D eigenvalue weighted by atomic mass is 10.1. The van der Waals surface area contributed by atoms with E-state index in [1.165, 1.54) is 0 Å². The molecule has 2 nitrogen and oxygen atoms in total. The zero-order chi connectivity index (χ0) is 10.6. The number of hydrogen-bond acceptors (Lipinski definition) is 2. The maximum Gasteiger partial charge on any atom is 0.123 e. The van der Waals surface area contributed by atoms with Gasteiger partial charge in [-0.1, -0.05) is 25.7 Å². The van der Waals surface area contributed by atoms with Crippen LogP contribution < -0.4 is 0 Å². The van der Waals surface area contributed by atoms with Gasteiger partial charge in [-0.15, -0.1) is 0 Å². The fraction of sp³-hybridized carbons (Fsp3) is 1.00. The van der Waals surface area contributed by atoms with Crippen molar-refractivity contribution in [3.63, 3.8) is 0 Å². The second kappa shape index (κ2) is 10.9. The number of alkyl halides is 1. The van der Waals surface area contributed by atoms with E-state index >= 15 is 0 Å². The second-order valence-corrected chi connectivity index (χ2v) is 3.53. The first-order chi connectivity index (χ1) is 6.81. The summed E-state index contributed by atoms with van der Waals surface area (Å²) in [6, 6.07) is 0. The molecule has 0 saturated carbocycles. The van der Waals surface area contributed by atoms with Gasteiger partial charge in [0.05, 0.1) is 6.61 Å². The van der Waals surface area contributed by atoms with Crippen LogP contribution in [0.25, 0.3) is 0 Å². The van der Waals surface area contributed by atoms with Crippen molar-refractivity contribution in [3.05, 3.63) is 0 Å². The molecule has 0 spiro atoms. The molecule has 0 aromatic rings. The van der Waals surface area contributed by atoms with E-state index in [9.17, 15) is 4.39 Å². The molecule has 1 unspecified atom stereocenters. The van der Waals surface area contributed by atoms with Gasteiger partial charge in [-0.3, -0.25) is 0 Å². The molecule has 0 heterocycles. The standard InChI is InChI=1S/C11H23FO2/c1-2-14-9-7-5-3-4-6-8-11(12)10-13/h11,13H,2-10H2,1H3. The van der Waals surface area contributed by atoms with Crippen LogP contribution in [-0.4, -0.2) is 31.1 Å². The Hall–Kier alpha value is -0.150. The molecule has 0 aromatic heterocycles. The molecule has 0 radical (unpaired) electrons. The van der Waals surface area contributed by atoms with Gasteiger partial charge in [-0.05, 0) is 19.8 Å². The third-order valence-electron chi connectivity index (χ3n) is 2.21. The van der Waals surface area contributed by atoms with Gasteiger partial charge in [-0.2, -0.15) is 0 Å². The van der Waals surface area contributed by atoms with Crippen LogP contribution in [0.15, 0.2) is 0 Å². The maximum atomic E-state index is 12.5. The smallest absolute Gasteiger partial charge is 0.123 e. The Labute approximate surface area is 86.5 Å². The lowest BCUT2D eigenvalue weighted by Gasteiger charge is -2.04. The normalized spacial score (nSPS) is 13.1. The highest BCUT2D eigenvalue weighted by Crippen LogP contribution is 2.09. The summed E-state index contributed by atoms with van der Waals surface area (Å²) >= 11 is 0. The van der Waals surface area contributed by atoms with Gasteiger partial charge in [0.25, 0.3) is 0 Å². The Morgan fingerprint density at radius 3 is 2.43 bits per heavy atom. The summed E-state index contributed by atoms with van der Waals surface area (Å²) in [5.74, 6) is 0. The molecule has 0 bridgehead atoms. The number of aliphatic hydroxyl groups excluding tert-OH is 1. The summed E-state index contributed by atoms with van der Waals surface area (Å²) in [7, 11) is 0. The number of ether oxygens (including phenoxy) is 1. The predicted octanol–water partition coefficient (Wildman–Crippen LogP) is 2.69. The van der Waals surface area contributed by atoms with Crippen molar-refractivity contribution in [2.24, 2.45) is 0 Å². The first-order valence-electron chi connectivity index (χ1n) is 5.64. The van der Waals surface area contributed by atoms with Crippen molar-refractivity contribution in [2.45, 2.75) is 51.6 Å². The van der Waals surface area contributed by atoms with Crippen molar-refractivity contribution in [3.8, 4) is 0 Å². The molecule has 14 heavy (non-hydrogen) atoms. The number of rotatable bonds is 10. The quantitative estimate of drug-likeness (QED) is 0.557. The molecule has 0 saturated heterocycles. The Morgan fingerprint density at radius 1 is 1.14 bits per heavy atom. The molecule has 1 N–H and O–H groups in total. The molecule has 0 aromatic carbocycles. The minimum absolute atomic E-state index is 0.329. The SMILES string of the molecule is CCOCCCCCCCC(F)CO. The fourth-order valence-electron chi connectivity index (χ4n) is 1.34. The molecule has 0 rings (SSSR count). The summed E-state index contributed by atoms with van der Waals surface area (Å²) in [5, 5.41) is 8.44. The summed E-state index contributed by atoms with van der Waals surface area (Å²) in [6.07, 6.45) is 4.84. The molecule has 86 valence electrons. The lowest BCUT2D eigenvalue weighted by Crippen LogP contribution is -2.05. The summed E-state index contributed by atoms with van der Waals surface area (Å²) in [6.45, 7) is 3.31. The monoisotopic (exact) mass is 206 g/mol. The van der Waals surface area contributed by atoms with Gasteiger partial charge < -0.3 is 9.84 Å². The highest BCUT2D eigenvalue weighted by molar-refractivity contribution is 4.53. The number of aliphatic hydroxyl groups is 1. The van der Waals surface area contributed by atoms with Crippen LogP contribution in [0.2, 0.25) is 0 Å². The summed E-state index contributed by atoms with van der Waals surface area (Å²) in [4.78, 5) is 0. The van der Waals surface area contributed by atoms with Gasteiger partial charge in [-0.25, -0.2) is 4.39 Å². The van der Waals surface area contributed by atoms with Crippen molar-refractivity contribution in [1.82, 2.24) is 0 Å². The average Bonchev–Trinajstić information content (AvgIpc) is 2.21. The molecule has 0 aliphatic rings. The van der Waals surface area contributed by atoms with Crippen molar-refractivity contribution in [1.29, 1.82) is 0 Å². The molecule has 0 aliphatic heterocycles. The van der Waals surface area contributed by atoms with E-state index in [-0.39, 0.29) is 6.61 Å². The van der Waals surface area contributed by atoms with Gasteiger partial charge in [0.1, 0.15) is 6.17 Å². The fourth-order valence-corrected chi connectivity index (χ4v) is 1.34. The second-order valence-electron chi connectivity index (χ2n) is 3.53. The zero-order valence-electron chi connectivity index (χ0n) is 9.17. The highest BCUT2D eigenvalue weighted by atomic mass is 19.1. The third kappa shape index (κ3) is 9.93. The molecule has 3 heteroatoms. The van der Waals surface area contributed by atoms with Crippen LogP contribution in [0, 0.1) is 0 Å². The molecule has 0 aliphatic carbocycles. The lowest BCUT2D eigenvalue weighted by molar-refractivity contribution is 0.142. The van der Waals surface area contributed by atoms with Crippen LogP contribution in [-0.2, 0) is 4.74 Å². The van der Waals surface area contributed by atoms with Gasteiger partial charge in [0.2, 0.25) is 0 Å². The molecular weight excluding hydrogens is 183 g/mol. The van der Waals surface area contributed by atoms with E-state index < -0.39 is 6.17 Å². The van der Waals surface area contributed by atoms with Crippen LogP contribution in [0.3, 0.4) is 0 Å². The van der Waals surface area contributed by atoms with Gasteiger partial charge in [0.15, 0.2) is 0 Å². The van der Waals surface area contributed by atoms with E-state index in [4.69, 9.17) is 9.84 Å². The summed E-state index contributed by atoms with van der Waals surface area (Å²) in [5.41, 5.74) is 0. The van der Waals surface area contributed by atoms with Crippen LogP contribution in [0.5, 0.6) is 0 Å². The first kappa shape index (κ1) is 13.8. The first-order valence-corrected chi connectivity index (χ1v) is 5.64. The Bertz CT molecular complexity index is 109. The van der Waals surface area contributed by atoms with Gasteiger partial charge >= 0.3 is 0 Å². The molecular formula is C11H23FO2.